The highest BCUT2D eigenvalue weighted by Crippen LogP contribution is 2.32. The minimum atomic E-state index is -0.127. The van der Waals surface area contributed by atoms with Gasteiger partial charge in [-0.2, -0.15) is 0 Å². The number of hydrogen-bond donors (Lipinski definition) is 2. The van der Waals surface area contributed by atoms with Crippen molar-refractivity contribution >= 4 is 5.91 Å². The molecule has 80 valence electrons. The molecule has 1 saturated carbocycles. The Labute approximate surface area is 88.9 Å². The summed E-state index contributed by atoms with van der Waals surface area (Å²) in [4.78, 5) is 15.7. The van der Waals surface area contributed by atoms with E-state index in [9.17, 15) is 4.79 Å². The zero-order valence-corrected chi connectivity index (χ0v) is 8.52. The van der Waals surface area contributed by atoms with Gasteiger partial charge < -0.3 is 11.1 Å². The van der Waals surface area contributed by atoms with Crippen molar-refractivity contribution in [1.82, 2.24) is 10.3 Å². The van der Waals surface area contributed by atoms with E-state index in [0.29, 0.717) is 18.2 Å². The molecule has 0 bridgehead atoms. The number of rotatable bonds is 4. The lowest BCUT2D eigenvalue weighted by Gasteiger charge is -2.15. The first-order valence-electron chi connectivity index (χ1n) is 5.23. The number of pyridine rings is 1. The molecule has 0 aromatic carbocycles. The van der Waals surface area contributed by atoms with Crippen LogP contribution in [0.25, 0.3) is 0 Å². The predicted octanol–water partition coefficient (Wildman–Crippen LogP) is 0.549. The third-order valence-electron chi connectivity index (χ3n) is 2.66. The maximum absolute atomic E-state index is 11.7. The standard InChI is InChI=1S/C11H15N3O/c12-7-10(8-4-5-8)14-11(15)9-3-1-2-6-13-9/h1-3,6,8,10H,4-5,7,12H2,(H,14,15). The Bertz CT molecular complexity index is 335. The Morgan fingerprint density at radius 3 is 2.93 bits per heavy atom. The van der Waals surface area contributed by atoms with Gasteiger partial charge >= 0.3 is 0 Å². The van der Waals surface area contributed by atoms with Crippen LogP contribution in [-0.2, 0) is 0 Å². The summed E-state index contributed by atoms with van der Waals surface area (Å²) in [5.41, 5.74) is 6.06. The first-order valence-corrected chi connectivity index (χ1v) is 5.23. The topological polar surface area (TPSA) is 68.0 Å². The van der Waals surface area contributed by atoms with Crippen LogP contribution >= 0.6 is 0 Å². The van der Waals surface area contributed by atoms with Gasteiger partial charge in [0.2, 0.25) is 0 Å². The summed E-state index contributed by atoms with van der Waals surface area (Å²) in [5.74, 6) is 0.445. The second-order valence-electron chi connectivity index (χ2n) is 3.87. The molecule has 1 aromatic heterocycles. The summed E-state index contributed by atoms with van der Waals surface area (Å²) in [6, 6.07) is 5.41. The van der Waals surface area contributed by atoms with Crippen molar-refractivity contribution in [2.45, 2.75) is 18.9 Å². The van der Waals surface area contributed by atoms with Crippen LogP contribution in [-0.4, -0.2) is 23.5 Å². The summed E-state index contributed by atoms with van der Waals surface area (Å²) in [5, 5.41) is 2.92. The average molecular weight is 205 g/mol. The SMILES string of the molecule is NCC(NC(=O)c1ccccn1)C1CC1. The summed E-state index contributed by atoms with van der Waals surface area (Å²) in [7, 11) is 0. The molecule has 4 heteroatoms. The molecule has 1 aliphatic carbocycles. The minimum Gasteiger partial charge on any atom is -0.346 e. The van der Waals surface area contributed by atoms with E-state index in [0.717, 1.165) is 0 Å². The van der Waals surface area contributed by atoms with Crippen molar-refractivity contribution in [2.24, 2.45) is 11.7 Å². The Hall–Kier alpha value is -1.42. The van der Waals surface area contributed by atoms with Crippen LogP contribution in [0.1, 0.15) is 23.3 Å². The van der Waals surface area contributed by atoms with Gasteiger partial charge in [0.25, 0.3) is 5.91 Å². The molecule has 1 fully saturated rings. The molecule has 1 aromatic rings. The van der Waals surface area contributed by atoms with Gasteiger partial charge in [-0.3, -0.25) is 9.78 Å². The second kappa shape index (κ2) is 4.40. The van der Waals surface area contributed by atoms with Crippen molar-refractivity contribution in [2.75, 3.05) is 6.54 Å². The van der Waals surface area contributed by atoms with Gasteiger partial charge in [-0.1, -0.05) is 6.07 Å². The zero-order chi connectivity index (χ0) is 10.7. The molecule has 0 saturated heterocycles. The average Bonchev–Trinajstić information content (AvgIpc) is 3.10. The molecule has 1 heterocycles. The second-order valence-corrected chi connectivity index (χ2v) is 3.87. The Balaban J connectivity index is 1.96. The molecule has 15 heavy (non-hydrogen) atoms. The minimum absolute atomic E-state index is 0.111. The van der Waals surface area contributed by atoms with Crippen LogP contribution in [0.2, 0.25) is 0 Å². The largest absolute Gasteiger partial charge is 0.346 e. The number of aromatic nitrogens is 1. The van der Waals surface area contributed by atoms with Gasteiger partial charge in [0.1, 0.15) is 5.69 Å². The number of amides is 1. The molecule has 2 rings (SSSR count). The fourth-order valence-corrected chi connectivity index (χ4v) is 1.61. The van der Waals surface area contributed by atoms with Gasteiger partial charge in [-0.15, -0.1) is 0 Å². The molecule has 0 radical (unpaired) electrons. The van der Waals surface area contributed by atoms with Gasteiger partial charge in [0.05, 0.1) is 0 Å². The number of carbonyl (C=O) groups excluding carboxylic acids is 1. The molecular weight excluding hydrogens is 190 g/mol. The highest BCUT2D eigenvalue weighted by atomic mass is 16.1. The van der Waals surface area contributed by atoms with Crippen molar-refractivity contribution in [3.63, 3.8) is 0 Å². The van der Waals surface area contributed by atoms with Crippen molar-refractivity contribution in [1.29, 1.82) is 0 Å². The lowest BCUT2D eigenvalue weighted by Crippen LogP contribution is -2.42. The lowest BCUT2D eigenvalue weighted by atomic mass is 10.2. The predicted molar refractivity (Wildman–Crippen MR) is 57.3 cm³/mol. The highest BCUT2D eigenvalue weighted by Gasteiger charge is 2.31. The maximum Gasteiger partial charge on any atom is 0.270 e. The molecule has 1 unspecified atom stereocenters. The van der Waals surface area contributed by atoms with Crippen LogP contribution in [0.4, 0.5) is 0 Å². The van der Waals surface area contributed by atoms with E-state index in [1.165, 1.54) is 12.8 Å². The van der Waals surface area contributed by atoms with Gasteiger partial charge in [0.15, 0.2) is 0 Å². The highest BCUT2D eigenvalue weighted by molar-refractivity contribution is 5.92. The Morgan fingerprint density at radius 1 is 1.60 bits per heavy atom. The smallest absolute Gasteiger partial charge is 0.270 e. The van der Waals surface area contributed by atoms with E-state index in [1.807, 2.05) is 0 Å². The van der Waals surface area contributed by atoms with E-state index >= 15 is 0 Å². The fourth-order valence-electron chi connectivity index (χ4n) is 1.61. The molecule has 0 aliphatic heterocycles. The third kappa shape index (κ3) is 2.53. The van der Waals surface area contributed by atoms with Crippen LogP contribution in [0.3, 0.4) is 0 Å². The van der Waals surface area contributed by atoms with E-state index in [2.05, 4.69) is 10.3 Å². The number of nitrogens with two attached hydrogens (primary N) is 1. The van der Waals surface area contributed by atoms with E-state index in [4.69, 9.17) is 5.73 Å². The van der Waals surface area contributed by atoms with E-state index < -0.39 is 0 Å². The van der Waals surface area contributed by atoms with Gasteiger partial charge in [-0.05, 0) is 30.9 Å². The molecule has 3 N–H and O–H groups in total. The number of nitrogens with one attached hydrogen (secondary N) is 1. The first-order chi connectivity index (χ1) is 7.31. The van der Waals surface area contributed by atoms with Gasteiger partial charge in [0, 0.05) is 18.8 Å². The maximum atomic E-state index is 11.7. The molecule has 0 spiro atoms. The number of nitrogens with zero attached hydrogens (tertiary/aromatic N) is 1. The van der Waals surface area contributed by atoms with Crippen molar-refractivity contribution in [3.05, 3.63) is 30.1 Å². The van der Waals surface area contributed by atoms with Crippen LogP contribution in [0.15, 0.2) is 24.4 Å². The summed E-state index contributed by atoms with van der Waals surface area (Å²) < 4.78 is 0. The third-order valence-corrected chi connectivity index (χ3v) is 2.66. The van der Waals surface area contributed by atoms with Crippen LogP contribution in [0.5, 0.6) is 0 Å². The lowest BCUT2D eigenvalue weighted by molar-refractivity contribution is 0.0928. The summed E-state index contributed by atoms with van der Waals surface area (Å²) >= 11 is 0. The van der Waals surface area contributed by atoms with Crippen LogP contribution in [0, 0.1) is 5.92 Å². The monoisotopic (exact) mass is 205 g/mol. The number of carbonyl (C=O) groups is 1. The normalized spacial score (nSPS) is 17.1. The van der Waals surface area contributed by atoms with Crippen molar-refractivity contribution < 1.29 is 4.79 Å². The van der Waals surface area contributed by atoms with Crippen molar-refractivity contribution in [3.8, 4) is 0 Å². The molecule has 1 amide bonds. The molecule has 4 nitrogen and oxygen atoms in total. The van der Waals surface area contributed by atoms with Crippen LogP contribution < -0.4 is 11.1 Å². The molecule has 1 aliphatic rings. The van der Waals surface area contributed by atoms with E-state index in [-0.39, 0.29) is 11.9 Å². The molecule has 1 atom stereocenters. The Morgan fingerprint density at radius 2 is 2.40 bits per heavy atom. The number of hydrogen-bond acceptors (Lipinski definition) is 3. The summed E-state index contributed by atoms with van der Waals surface area (Å²) in [6.45, 7) is 0.503. The Kier molecular flexibility index (Phi) is 2.97. The first kappa shape index (κ1) is 10.1. The summed E-state index contributed by atoms with van der Waals surface area (Å²) in [6.07, 6.45) is 3.96. The molecular formula is C11H15N3O. The van der Waals surface area contributed by atoms with Gasteiger partial charge in [-0.25, -0.2) is 0 Å². The fraction of sp³-hybridized carbons (Fsp3) is 0.455. The zero-order valence-electron chi connectivity index (χ0n) is 8.52. The van der Waals surface area contributed by atoms with E-state index in [1.54, 1.807) is 24.4 Å². The quantitative estimate of drug-likeness (QED) is 0.754.